The van der Waals surface area contributed by atoms with Crippen LogP contribution in [0.4, 0.5) is 4.39 Å². The molecule has 0 unspecified atom stereocenters. The number of allylic oxidation sites excluding steroid dienone is 1. The summed E-state index contributed by atoms with van der Waals surface area (Å²) < 4.78 is 14.4. The van der Waals surface area contributed by atoms with Crippen molar-refractivity contribution in [2.45, 2.75) is 0 Å². The van der Waals surface area contributed by atoms with E-state index in [1.165, 1.54) is 6.07 Å². The van der Waals surface area contributed by atoms with Crippen molar-refractivity contribution in [2.24, 2.45) is 10.7 Å². The molecule has 0 saturated heterocycles. The molecule has 1 aromatic carbocycles. The van der Waals surface area contributed by atoms with Crippen LogP contribution in [0, 0.1) is 5.82 Å². The van der Waals surface area contributed by atoms with Crippen molar-refractivity contribution in [3.05, 3.63) is 84.6 Å². The molecule has 0 aliphatic heterocycles. The van der Waals surface area contributed by atoms with Gasteiger partial charge >= 0.3 is 0 Å². The van der Waals surface area contributed by atoms with Crippen LogP contribution in [0.1, 0.15) is 5.56 Å². The van der Waals surface area contributed by atoms with Crippen LogP contribution in [0.5, 0.6) is 0 Å². The molecule has 0 aliphatic carbocycles. The topological polar surface area (TPSA) is 77.0 Å². The first-order valence-corrected chi connectivity index (χ1v) is 9.02. The summed E-state index contributed by atoms with van der Waals surface area (Å²) >= 11 is 0. The highest BCUT2D eigenvalue weighted by atomic mass is 19.1. The van der Waals surface area contributed by atoms with E-state index in [1.54, 1.807) is 56.1 Å². The van der Waals surface area contributed by atoms with E-state index in [4.69, 9.17) is 5.73 Å². The van der Waals surface area contributed by atoms with Gasteiger partial charge in [-0.1, -0.05) is 12.1 Å². The summed E-state index contributed by atoms with van der Waals surface area (Å²) in [7, 11) is 1.68. The second-order valence-corrected chi connectivity index (χ2v) is 6.40. The summed E-state index contributed by atoms with van der Waals surface area (Å²) in [6.07, 6.45) is 8.46. The zero-order chi connectivity index (χ0) is 20.2. The maximum Gasteiger partial charge on any atom is 0.160 e. The molecule has 5 nitrogen and oxygen atoms in total. The lowest BCUT2D eigenvalue weighted by Gasteiger charge is -2.11. The highest BCUT2D eigenvalue weighted by Gasteiger charge is 2.13. The molecule has 3 aromatic heterocycles. The molecule has 29 heavy (non-hydrogen) atoms. The Bertz CT molecular complexity index is 1250. The van der Waals surface area contributed by atoms with E-state index in [1.807, 2.05) is 24.3 Å². The summed E-state index contributed by atoms with van der Waals surface area (Å²) in [5.74, 6) is -0.334. The lowest BCUT2D eigenvalue weighted by atomic mass is 9.99. The highest BCUT2D eigenvalue weighted by molar-refractivity contribution is 5.95. The molecule has 0 bridgehead atoms. The third-order valence-electron chi connectivity index (χ3n) is 4.52. The lowest BCUT2D eigenvalue weighted by Crippen LogP contribution is -1.99. The van der Waals surface area contributed by atoms with Gasteiger partial charge in [-0.25, -0.2) is 14.4 Å². The highest BCUT2D eigenvalue weighted by Crippen LogP contribution is 2.32. The second kappa shape index (κ2) is 7.98. The van der Waals surface area contributed by atoms with E-state index < -0.39 is 0 Å². The Kier molecular flexibility index (Phi) is 5.07. The van der Waals surface area contributed by atoms with Gasteiger partial charge in [0, 0.05) is 59.6 Å². The molecule has 0 amide bonds. The van der Waals surface area contributed by atoms with E-state index in [0.717, 1.165) is 22.1 Å². The van der Waals surface area contributed by atoms with Crippen molar-refractivity contribution in [2.75, 3.05) is 7.05 Å². The fourth-order valence-electron chi connectivity index (χ4n) is 3.10. The Morgan fingerprint density at radius 3 is 2.76 bits per heavy atom. The predicted octanol–water partition coefficient (Wildman–Crippen LogP) is 4.50. The molecule has 6 heteroatoms. The van der Waals surface area contributed by atoms with Gasteiger partial charge in [-0.3, -0.25) is 9.98 Å². The number of rotatable bonds is 4. The summed E-state index contributed by atoms with van der Waals surface area (Å²) in [5, 5.41) is 0.851. The van der Waals surface area contributed by atoms with E-state index in [0.29, 0.717) is 22.6 Å². The molecule has 0 fully saturated rings. The number of fused-ring (bicyclic) bond motifs is 1. The Morgan fingerprint density at radius 1 is 1.07 bits per heavy atom. The van der Waals surface area contributed by atoms with Gasteiger partial charge in [0.1, 0.15) is 5.82 Å². The largest absolute Gasteiger partial charge is 0.398 e. The molecule has 3 heterocycles. The normalized spacial score (nSPS) is 12.0. The van der Waals surface area contributed by atoms with Gasteiger partial charge in [0.25, 0.3) is 0 Å². The lowest BCUT2D eigenvalue weighted by molar-refractivity contribution is 0.631. The van der Waals surface area contributed by atoms with Crippen LogP contribution in [-0.2, 0) is 0 Å². The molecule has 4 aromatic rings. The first-order chi connectivity index (χ1) is 14.2. The number of nitrogens with two attached hydrogens (primary N) is 1. The SMILES string of the molecule is CN=CC=C(N)c1cncc(-c2cc(-c3ccccc3F)nc3ncccc23)c1. The van der Waals surface area contributed by atoms with E-state index in [9.17, 15) is 4.39 Å². The summed E-state index contributed by atoms with van der Waals surface area (Å²) in [6.45, 7) is 0. The standard InChI is InChI=1S/C23H18FN5/c1-26-10-8-21(25)16-11-15(13-27-14-16)19-12-22(18-5-2-3-7-20(18)24)29-23-17(19)6-4-9-28-23/h2-14H,25H2,1H3. The van der Waals surface area contributed by atoms with Crippen LogP contribution < -0.4 is 5.73 Å². The number of nitrogens with zero attached hydrogens (tertiary/aromatic N) is 4. The third kappa shape index (κ3) is 3.73. The van der Waals surface area contributed by atoms with Crippen molar-refractivity contribution in [3.63, 3.8) is 0 Å². The molecule has 0 radical (unpaired) electrons. The smallest absolute Gasteiger partial charge is 0.160 e. The summed E-state index contributed by atoms with van der Waals surface area (Å²) in [4.78, 5) is 17.2. The van der Waals surface area contributed by atoms with Gasteiger partial charge in [0.2, 0.25) is 0 Å². The Hall–Kier alpha value is -3.93. The van der Waals surface area contributed by atoms with Gasteiger partial charge in [-0.2, -0.15) is 0 Å². The zero-order valence-corrected chi connectivity index (χ0v) is 15.7. The molecular weight excluding hydrogens is 365 g/mol. The number of halogens is 1. The minimum Gasteiger partial charge on any atom is -0.398 e. The quantitative estimate of drug-likeness (QED) is 0.527. The van der Waals surface area contributed by atoms with Crippen LogP contribution in [0.3, 0.4) is 0 Å². The number of aromatic nitrogens is 3. The monoisotopic (exact) mass is 383 g/mol. The van der Waals surface area contributed by atoms with Crippen LogP contribution >= 0.6 is 0 Å². The number of hydrogen-bond donors (Lipinski definition) is 1. The maximum absolute atomic E-state index is 14.4. The van der Waals surface area contributed by atoms with Crippen LogP contribution in [0.2, 0.25) is 0 Å². The number of benzene rings is 1. The summed E-state index contributed by atoms with van der Waals surface area (Å²) in [6, 6.07) is 14.1. The summed E-state index contributed by atoms with van der Waals surface area (Å²) in [5.41, 5.74) is 10.6. The van der Waals surface area contributed by atoms with Crippen LogP contribution in [-0.4, -0.2) is 28.2 Å². The van der Waals surface area contributed by atoms with Crippen molar-refractivity contribution >= 4 is 22.9 Å². The van der Waals surface area contributed by atoms with E-state index >= 15 is 0 Å². The van der Waals surface area contributed by atoms with Gasteiger partial charge in [0.15, 0.2) is 5.65 Å². The van der Waals surface area contributed by atoms with Crippen molar-refractivity contribution in [1.82, 2.24) is 15.0 Å². The predicted molar refractivity (Wildman–Crippen MR) is 115 cm³/mol. The second-order valence-electron chi connectivity index (χ2n) is 6.40. The maximum atomic E-state index is 14.4. The first kappa shape index (κ1) is 18.4. The molecule has 142 valence electrons. The zero-order valence-electron chi connectivity index (χ0n) is 15.7. The van der Waals surface area contributed by atoms with E-state index in [-0.39, 0.29) is 5.82 Å². The molecule has 0 saturated carbocycles. The minimum atomic E-state index is -0.334. The fourth-order valence-corrected chi connectivity index (χ4v) is 3.10. The van der Waals surface area contributed by atoms with Crippen molar-refractivity contribution < 1.29 is 4.39 Å². The van der Waals surface area contributed by atoms with Gasteiger partial charge in [0.05, 0.1) is 5.69 Å². The molecule has 0 spiro atoms. The van der Waals surface area contributed by atoms with Crippen LogP contribution in [0.25, 0.3) is 39.1 Å². The molecular formula is C23H18FN5. The first-order valence-electron chi connectivity index (χ1n) is 9.02. The number of hydrogen-bond acceptors (Lipinski definition) is 5. The molecule has 0 aliphatic rings. The van der Waals surface area contributed by atoms with E-state index in [2.05, 4.69) is 19.9 Å². The van der Waals surface area contributed by atoms with Crippen molar-refractivity contribution in [3.8, 4) is 22.4 Å². The van der Waals surface area contributed by atoms with Crippen molar-refractivity contribution in [1.29, 1.82) is 0 Å². The average Bonchev–Trinajstić information content (AvgIpc) is 2.77. The number of aliphatic imine (C=N–C) groups is 1. The molecule has 4 rings (SSSR count). The fraction of sp³-hybridized carbons (Fsp3) is 0.0435. The molecule has 0 atom stereocenters. The van der Waals surface area contributed by atoms with Gasteiger partial charge in [-0.05, 0) is 48.0 Å². The van der Waals surface area contributed by atoms with Crippen LogP contribution in [0.15, 0.2) is 78.2 Å². The Morgan fingerprint density at radius 2 is 1.93 bits per heavy atom. The Labute approximate surface area is 167 Å². The number of pyridine rings is 3. The average molecular weight is 383 g/mol. The van der Waals surface area contributed by atoms with Gasteiger partial charge in [-0.15, -0.1) is 0 Å². The minimum absolute atomic E-state index is 0.334. The molecule has 2 N–H and O–H groups in total. The van der Waals surface area contributed by atoms with Gasteiger partial charge < -0.3 is 5.73 Å². The third-order valence-corrected chi connectivity index (χ3v) is 4.52. The Balaban J connectivity index is 1.93.